The normalized spacial score (nSPS) is 13.4. The first-order chi connectivity index (χ1) is 9.54. The zero-order valence-corrected chi connectivity index (χ0v) is 11.6. The molecule has 2 aromatic rings. The first-order valence-corrected chi connectivity index (χ1v) is 6.58. The number of phenolic OH excluding ortho intramolecular Hbond substituents is 1. The van der Waals surface area contributed by atoms with E-state index in [0.29, 0.717) is 24.2 Å². The molecule has 102 valence electrons. The van der Waals surface area contributed by atoms with Crippen LogP contribution in [0.15, 0.2) is 30.5 Å². The van der Waals surface area contributed by atoms with E-state index in [2.05, 4.69) is 4.98 Å². The van der Waals surface area contributed by atoms with Crippen LogP contribution in [0.1, 0.15) is 32.7 Å². The maximum atomic E-state index is 12.5. The number of benzene rings is 1. The molecule has 1 aliphatic rings. The van der Waals surface area contributed by atoms with E-state index in [1.807, 2.05) is 19.2 Å². The number of carbonyl (C=O) groups excluding carboxylic acids is 1. The number of aromatic nitrogens is 1. The van der Waals surface area contributed by atoms with Gasteiger partial charge in [-0.25, -0.2) is 0 Å². The molecule has 0 radical (unpaired) electrons. The van der Waals surface area contributed by atoms with E-state index in [9.17, 15) is 9.90 Å². The second-order valence-corrected chi connectivity index (χ2v) is 5.26. The lowest BCUT2D eigenvalue weighted by atomic mass is 10.1. The number of aryl methyl sites for hydroxylation is 2. The van der Waals surface area contributed by atoms with Crippen LogP contribution in [0.25, 0.3) is 0 Å². The molecule has 1 aliphatic heterocycles. The van der Waals surface area contributed by atoms with Crippen LogP contribution >= 0.6 is 0 Å². The quantitative estimate of drug-likeness (QED) is 0.864. The Morgan fingerprint density at radius 2 is 1.95 bits per heavy atom. The number of nitrogens with zero attached hydrogens (tertiary/aromatic N) is 2. The standard InChI is InChI=1S/C16H16N2O2/c1-10-5-12(3-4-15(10)19)16(20)18-8-13-6-11(2)17-7-14(13)9-18/h3-7,19H,8-9H2,1-2H3. The molecule has 0 saturated heterocycles. The Labute approximate surface area is 117 Å². The first kappa shape index (κ1) is 12.7. The molecular weight excluding hydrogens is 252 g/mol. The van der Waals surface area contributed by atoms with E-state index < -0.39 is 0 Å². The maximum Gasteiger partial charge on any atom is 0.254 e. The largest absolute Gasteiger partial charge is 0.508 e. The van der Waals surface area contributed by atoms with Crippen LogP contribution in [-0.4, -0.2) is 20.9 Å². The van der Waals surface area contributed by atoms with Crippen LogP contribution in [-0.2, 0) is 13.1 Å². The van der Waals surface area contributed by atoms with Gasteiger partial charge in [-0.15, -0.1) is 0 Å². The number of phenols is 1. The number of fused-ring (bicyclic) bond motifs is 1. The van der Waals surface area contributed by atoms with Crippen LogP contribution in [0.2, 0.25) is 0 Å². The molecule has 0 bridgehead atoms. The van der Waals surface area contributed by atoms with Gasteiger partial charge < -0.3 is 10.0 Å². The fourth-order valence-corrected chi connectivity index (χ4v) is 2.52. The molecule has 1 amide bonds. The SMILES string of the molecule is Cc1cc2c(cn1)CN(C(=O)c1ccc(O)c(C)c1)C2. The Hall–Kier alpha value is -2.36. The zero-order valence-electron chi connectivity index (χ0n) is 11.6. The molecule has 4 nitrogen and oxygen atoms in total. The fourth-order valence-electron chi connectivity index (χ4n) is 2.52. The van der Waals surface area contributed by atoms with Crippen molar-refractivity contribution < 1.29 is 9.90 Å². The summed E-state index contributed by atoms with van der Waals surface area (Å²) in [5.41, 5.74) is 4.57. The van der Waals surface area contributed by atoms with Crippen molar-refractivity contribution in [2.75, 3.05) is 0 Å². The Balaban J connectivity index is 1.85. The first-order valence-electron chi connectivity index (χ1n) is 6.58. The van der Waals surface area contributed by atoms with Gasteiger partial charge in [0.25, 0.3) is 5.91 Å². The van der Waals surface area contributed by atoms with Crippen molar-refractivity contribution in [1.29, 1.82) is 0 Å². The summed E-state index contributed by atoms with van der Waals surface area (Å²) in [6, 6.07) is 6.99. The second kappa shape index (κ2) is 4.63. The van der Waals surface area contributed by atoms with Crippen molar-refractivity contribution in [3.8, 4) is 5.75 Å². The summed E-state index contributed by atoms with van der Waals surface area (Å²) in [4.78, 5) is 18.6. The molecule has 1 N–H and O–H groups in total. The van der Waals surface area contributed by atoms with Gasteiger partial charge in [0.15, 0.2) is 0 Å². The van der Waals surface area contributed by atoms with E-state index in [1.54, 1.807) is 30.0 Å². The number of hydrogen-bond acceptors (Lipinski definition) is 3. The predicted octanol–water partition coefficient (Wildman–Crippen LogP) is 2.56. The molecule has 1 aromatic carbocycles. The van der Waals surface area contributed by atoms with Gasteiger partial charge >= 0.3 is 0 Å². The molecule has 1 aromatic heterocycles. The molecular formula is C16H16N2O2. The van der Waals surface area contributed by atoms with Gasteiger partial charge in [-0.2, -0.15) is 0 Å². The smallest absolute Gasteiger partial charge is 0.254 e. The fraction of sp³-hybridized carbons (Fsp3) is 0.250. The maximum absolute atomic E-state index is 12.5. The highest BCUT2D eigenvalue weighted by Crippen LogP contribution is 2.25. The van der Waals surface area contributed by atoms with Crippen molar-refractivity contribution >= 4 is 5.91 Å². The van der Waals surface area contributed by atoms with E-state index in [4.69, 9.17) is 0 Å². The highest BCUT2D eigenvalue weighted by molar-refractivity contribution is 5.94. The van der Waals surface area contributed by atoms with E-state index >= 15 is 0 Å². The third kappa shape index (κ3) is 2.13. The van der Waals surface area contributed by atoms with Crippen molar-refractivity contribution in [3.05, 3.63) is 58.4 Å². The lowest BCUT2D eigenvalue weighted by Gasteiger charge is -2.15. The summed E-state index contributed by atoms with van der Waals surface area (Å²) in [6.07, 6.45) is 1.85. The van der Waals surface area contributed by atoms with Gasteiger partial charge in [0.1, 0.15) is 5.75 Å². The van der Waals surface area contributed by atoms with Crippen molar-refractivity contribution in [1.82, 2.24) is 9.88 Å². The van der Waals surface area contributed by atoms with Gasteiger partial charge in [0.2, 0.25) is 0 Å². The number of aromatic hydroxyl groups is 1. The number of rotatable bonds is 1. The monoisotopic (exact) mass is 268 g/mol. The molecule has 0 aliphatic carbocycles. The minimum Gasteiger partial charge on any atom is -0.508 e. The third-order valence-corrected chi connectivity index (χ3v) is 3.67. The van der Waals surface area contributed by atoms with Crippen molar-refractivity contribution in [2.45, 2.75) is 26.9 Å². The summed E-state index contributed by atoms with van der Waals surface area (Å²) in [6.45, 7) is 4.96. The molecule has 0 saturated carbocycles. The van der Waals surface area contributed by atoms with Gasteiger partial charge in [0.05, 0.1) is 0 Å². The van der Waals surface area contributed by atoms with Gasteiger partial charge in [-0.05, 0) is 54.8 Å². The lowest BCUT2D eigenvalue weighted by molar-refractivity contribution is 0.0751. The minimum atomic E-state index is -0.0121. The number of amides is 1. The second-order valence-electron chi connectivity index (χ2n) is 5.26. The summed E-state index contributed by atoms with van der Waals surface area (Å²) in [7, 11) is 0. The van der Waals surface area contributed by atoms with Crippen LogP contribution in [0.3, 0.4) is 0 Å². The summed E-state index contributed by atoms with van der Waals surface area (Å²) < 4.78 is 0. The zero-order chi connectivity index (χ0) is 14.3. The number of carbonyl (C=O) groups is 1. The van der Waals surface area contributed by atoms with Crippen LogP contribution in [0, 0.1) is 13.8 Å². The summed E-state index contributed by atoms with van der Waals surface area (Å²) >= 11 is 0. The summed E-state index contributed by atoms with van der Waals surface area (Å²) in [5.74, 6) is 0.202. The van der Waals surface area contributed by atoms with E-state index in [1.165, 1.54) is 5.56 Å². The molecule has 0 fully saturated rings. The Morgan fingerprint density at radius 3 is 2.70 bits per heavy atom. The Kier molecular flexibility index (Phi) is 2.93. The highest BCUT2D eigenvalue weighted by Gasteiger charge is 2.24. The molecule has 4 heteroatoms. The van der Waals surface area contributed by atoms with Crippen LogP contribution in [0.4, 0.5) is 0 Å². The average molecular weight is 268 g/mol. The summed E-state index contributed by atoms with van der Waals surface area (Å²) in [5, 5.41) is 9.53. The number of hydrogen-bond donors (Lipinski definition) is 1. The van der Waals surface area contributed by atoms with E-state index in [0.717, 1.165) is 11.3 Å². The Bertz CT molecular complexity index is 695. The number of pyridine rings is 1. The van der Waals surface area contributed by atoms with Gasteiger partial charge in [-0.1, -0.05) is 0 Å². The third-order valence-electron chi connectivity index (χ3n) is 3.67. The van der Waals surface area contributed by atoms with Gasteiger partial charge in [-0.3, -0.25) is 9.78 Å². The molecule has 0 spiro atoms. The van der Waals surface area contributed by atoms with Crippen LogP contribution in [0.5, 0.6) is 5.75 Å². The topological polar surface area (TPSA) is 53.4 Å². The van der Waals surface area contributed by atoms with Crippen molar-refractivity contribution in [2.24, 2.45) is 0 Å². The van der Waals surface area contributed by atoms with Gasteiger partial charge in [0, 0.05) is 30.5 Å². The molecule has 2 heterocycles. The van der Waals surface area contributed by atoms with Crippen molar-refractivity contribution in [3.63, 3.8) is 0 Å². The predicted molar refractivity (Wildman–Crippen MR) is 75.4 cm³/mol. The van der Waals surface area contributed by atoms with Crippen LogP contribution < -0.4 is 0 Å². The lowest BCUT2D eigenvalue weighted by Crippen LogP contribution is -2.25. The molecule has 3 rings (SSSR count). The molecule has 0 atom stereocenters. The van der Waals surface area contributed by atoms with E-state index in [-0.39, 0.29) is 11.7 Å². The minimum absolute atomic E-state index is 0.0121. The highest BCUT2D eigenvalue weighted by atomic mass is 16.3. The Morgan fingerprint density at radius 1 is 1.20 bits per heavy atom. The molecule has 20 heavy (non-hydrogen) atoms. The molecule has 0 unspecified atom stereocenters. The average Bonchev–Trinajstić information content (AvgIpc) is 2.84.